The Morgan fingerprint density at radius 3 is 1.51 bits per heavy atom. The lowest BCUT2D eigenvalue weighted by Crippen LogP contribution is -2.26. The summed E-state index contributed by atoms with van der Waals surface area (Å²) in [6.07, 6.45) is 4.39. The average Bonchev–Trinajstić information content (AvgIpc) is 4.17. The fourth-order valence-electron chi connectivity index (χ4n) is 8.97. The van der Waals surface area contributed by atoms with Crippen molar-refractivity contribution in [3.05, 3.63) is 192 Å². The minimum absolute atomic E-state index is 0.0468. The summed E-state index contributed by atoms with van der Waals surface area (Å²) < 4.78 is 29.2. The lowest BCUT2D eigenvalue weighted by Gasteiger charge is -2.22. The van der Waals surface area contributed by atoms with Gasteiger partial charge >= 0.3 is 0 Å². The lowest BCUT2D eigenvalue weighted by molar-refractivity contribution is -0.0362. The van der Waals surface area contributed by atoms with Crippen LogP contribution < -0.4 is 11.1 Å². The highest BCUT2D eigenvalue weighted by atomic mass is 35.5. The zero-order valence-electron chi connectivity index (χ0n) is 39.0. The molecule has 14 nitrogen and oxygen atoms in total. The first-order chi connectivity index (χ1) is 33.6. The molecule has 2 aliphatic heterocycles. The Morgan fingerprint density at radius 2 is 1.04 bits per heavy atom. The predicted octanol–water partition coefficient (Wildman–Crippen LogP) is 10.5. The van der Waals surface area contributed by atoms with Crippen LogP contribution in [0.5, 0.6) is 0 Å². The molecule has 6 heterocycles. The molecule has 4 aromatic heterocycles. The van der Waals surface area contributed by atoms with Crippen molar-refractivity contribution in [2.45, 2.75) is 90.4 Å². The summed E-state index contributed by atoms with van der Waals surface area (Å²) in [5.74, 6) is 1.22. The van der Waals surface area contributed by atoms with Crippen molar-refractivity contribution in [2.24, 2.45) is 11.8 Å². The molecular formula is C54H57ClN8O6. The summed E-state index contributed by atoms with van der Waals surface area (Å²) in [5, 5.41) is 11.3. The van der Waals surface area contributed by atoms with Gasteiger partial charge in [-0.05, 0) is 72.0 Å². The lowest BCUT2D eigenvalue weighted by atomic mass is 9.95. The van der Waals surface area contributed by atoms with Gasteiger partial charge in [0.15, 0.2) is 11.6 Å². The van der Waals surface area contributed by atoms with Gasteiger partial charge < -0.3 is 30.0 Å². The van der Waals surface area contributed by atoms with E-state index in [1.807, 2.05) is 89.4 Å². The number of nitrogens with zero attached hydrogens (tertiary/aromatic N) is 6. The van der Waals surface area contributed by atoms with Gasteiger partial charge in [0, 0.05) is 23.0 Å². The quantitative estimate of drug-likeness (QED) is 0.105. The van der Waals surface area contributed by atoms with Crippen LogP contribution in [0, 0.1) is 11.8 Å². The third kappa shape index (κ3) is 11.4. The highest BCUT2D eigenvalue weighted by Crippen LogP contribution is 2.43. The van der Waals surface area contributed by atoms with Gasteiger partial charge in [0.05, 0.1) is 49.0 Å². The van der Waals surface area contributed by atoms with Gasteiger partial charge in [-0.15, -0.1) is 0 Å². The van der Waals surface area contributed by atoms with E-state index in [9.17, 15) is 9.59 Å². The molecule has 0 aliphatic carbocycles. The van der Waals surface area contributed by atoms with Crippen molar-refractivity contribution in [2.75, 3.05) is 11.1 Å². The van der Waals surface area contributed by atoms with Gasteiger partial charge in [-0.2, -0.15) is 10.2 Å². The molecule has 15 heteroatoms. The van der Waals surface area contributed by atoms with Crippen LogP contribution >= 0.6 is 11.6 Å². The van der Waals surface area contributed by atoms with E-state index in [2.05, 4.69) is 77.4 Å². The molecule has 2 unspecified atom stereocenters. The Hall–Kier alpha value is -6.81. The van der Waals surface area contributed by atoms with Crippen molar-refractivity contribution in [3.8, 4) is 0 Å². The number of hydrogen-bond acceptors (Lipinski definition) is 11. The Bertz CT molecular complexity index is 2910. The summed E-state index contributed by atoms with van der Waals surface area (Å²) in [6, 6.07) is 46.0. The number of benzene rings is 4. The number of nitrogens with two attached hydrogens (primary N) is 1. The Labute approximate surface area is 406 Å². The van der Waals surface area contributed by atoms with Gasteiger partial charge in [-0.3, -0.25) is 9.59 Å². The maximum Gasteiger partial charge on any atom is 0.256 e. The average molecular weight is 950 g/mol. The van der Waals surface area contributed by atoms with Crippen LogP contribution in [-0.2, 0) is 32.2 Å². The normalized spacial score (nSPS) is 21.8. The largest absolute Gasteiger partial charge is 0.382 e. The van der Waals surface area contributed by atoms with E-state index in [1.165, 1.54) is 12.7 Å². The summed E-state index contributed by atoms with van der Waals surface area (Å²) in [7, 11) is 0. The van der Waals surface area contributed by atoms with Gasteiger partial charge in [-0.25, -0.2) is 19.0 Å². The highest BCUT2D eigenvalue weighted by Gasteiger charge is 2.45. The molecule has 356 valence electrons. The molecule has 69 heavy (non-hydrogen) atoms. The number of fused-ring (bicyclic) bond motifs is 2. The molecule has 0 spiro atoms. The van der Waals surface area contributed by atoms with Crippen molar-refractivity contribution >= 4 is 45.4 Å². The number of amides is 1. The number of aromatic nitrogens is 6. The van der Waals surface area contributed by atoms with E-state index in [0.717, 1.165) is 40.9 Å². The Kier molecular flexibility index (Phi) is 16.2. The van der Waals surface area contributed by atoms with E-state index in [0.29, 0.717) is 47.4 Å². The minimum Gasteiger partial charge on any atom is -0.382 e. The van der Waals surface area contributed by atoms with E-state index >= 15 is 0 Å². The fourth-order valence-corrected chi connectivity index (χ4v) is 9.10. The maximum atomic E-state index is 12.7. The Balaban J connectivity index is 0.000000161. The Morgan fingerprint density at radius 1 is 0.609 bits per heavy atom. The summed E-state index contributed by atoms with van der Waals surface area (Å²) in [6.45, 7) is 9.74. The zero-order chi connectivity index (χ0) is 48.3. The molecule has 2 fully saturated rings. The van der Waals surface area contributed by atoms with Gasteiger partial charge in [0.2, 0.25) is 0 Å². The van der Waals surface area contributed by atoms with Crippen molar-refractivity contribution < 1.29 is 28.5 Å². The van der Waals surface area contributed by atoms with E-state index in [4.69, 9.17) is 36.3 Å². The molecule has 3 N–H and O–H groups in total. The van der Waals surface area contributed by atoms with E-state index in [1.54, 1.807) is 40.9 Å². The van der Waals surface area contributed by atoms with Crippen molar-refractivity contribution in [1.29, 1.82) is 0 Å². The first-order valence-electron chi connectivity index (χ1n) is 23.3. The molecule has 4 aromatic carbocycles. The zero-order valence-corrected chi connectivity index (χ0v) is 39.8. The number of ether oxygens (including phenoxy) is 4. The number of nitrogen functional groups attached to an aromatic ring is 1. The molecule has 0 radical (unpaired) electrons. The molecule has 2 saturated heterocycles. The summed E-state index contributed by atoms with van der Waals surface area (Å²) >= 11 is 5.16. The SMILES string of the molecule is CC[C@H]1O[C@@H](c2ccc3c(N)ncnn23)C(OCc2ccccc2)[C@@H]1C.CC[C@H]1O[C@@H](c2ccc3c(NC(=O)c4ccccc4)ncnn23)C(OCc2ccccc2)[C@@H]1C.O=C(Cl)c1ccccc1. The van der Waals surface area contributed by atoms with Crippen LogP contribution in [0.15, 0.2) is 158 Å². The molecule has 8 atom stereocenters. The standard InChI is InChI=1S/C27H28N4O3.C20H24N4O2.C7H5ClO/c1-3-23-18(2)24(33-16-19-10-6-4-7-11-19)25(34-23)21-14-15-22-26(28-17-29-31(21)22)30-27(32)20-12-8-5-9-13-20;1-3-17-13(2)18(25-11-14-7-5-4-6-8-14)19(26-17)15-9-10-16-20(21)22-12-23-24(15)16;8-7(9)6-4-2-1-3-5-6/h4-15,17-18,23-25H,3,16H2,1-2H3,(H,28,29,30,32);4-10,12-13,17-19H,3,11H2,1-2H3,(H2,21,22,23);1-5H/t18-,23-,24?,25+;13-,17-,18?,19+;/m11./s1. The predicted molar refractivity (Wildman–Crippen MR) is 266 cm³/mol. The first kappa shape index (κ1) is 48.6. The minimum atomic E-state index is -0.407. The number of halogens is 1. The topological polar surface area (TPSA) is 169 Å². The summed E-state index contributed by atoms with van der Waals surface area (Å²) in [5.41, 5.74) is 12.7. The van der Waals surface area contributed by atoms with Crippen molar-refractivity contribution in [3.63, 3.8) is 0 Å². The first-order valence-corrected chi connectivity index (χ1v) is 23.7. The van der Waals surface area contributed by atoms with Crippen LogP contribution in [0.3, 0.4) is 0 Å². The second kappa shape index (κ2) is 23.0. The molecule has 0 saturated carbocycles. The third-order valence-electron chi connectivity index (χ3n) is 12.7. The highest BCUT2D eigenvalue weighted by molar-refractivity contribution is 6.67. The summed E-state index contributed by atoms with van der Waals surface area (Å²) in [4.78, 5) is 31.5. The molecule has 2 aliphatic rings. The molecule has 1 amide bonds. The monoisotopic (exact) mass is 948 g/mol. The number of hydrogen-bond donors (Lipinski definition) is 2. The van der Waals surface area contributed by atoms with Crippen LogP contribution in [0.1, 0.15) is 96.0 Å². The van der Waals surface area contributed by atoms with Gasteiger partial charge in [0.25, 0.3) is 11.1 Å². The van der Waals surface area contributed by atoms with E-state index < -0.39 is 5.24 Å². The third-order valence-corrected chi connectivity index (χ3v) is 12.9. The van der Waals surface area contributed by atoms with Gasteiger partial charge in [0.1, 0.15) is 35.9 Å². The van der Waals surface area contributed by atoms with Gasteiger partial charge in [-0.1, -0.05) is 137 Å². The second-order valence-electron chi connectivity index (χ2n) is 17.1. The number of nitrogens with one attached hydrogen (secondary N) is 1. The maximum absolute atomic E-state index is 12.7. The van der Waals surface area contributed by atoms with Crippen molar-refractivity contribution in [1.82, 2.24) is 29.2 Å². The second-order valence-corrected chi connectivity index (χ2v) is 17.4. The molecule has 0 bridgehead atoms. The van der Waals surface area contributed by atoms with Crippen LogP contribution in [0.2, 0.25) is 0 Å². The fraction of sp³-hybridized carbons (Fsp3) is 0.296. The van der Waals surface area contributed by atoms with E-state index in [-0.39, 0.29) is 48.4 Å². The van der Waals surface area contributed by atoms with Crippen LogP contribution in [0.4, 0.5) is 11.6 Å². The number of anilines is 2. The molecular weight excluding hydrogens is 892 g/mol. The van der Waals surface area contributed by atoms with Crippen LogP contribution in [-0.4, -0.2) is 64.8 Å². The van der Waals surface area contributed by atoms with Crippen LogP contribution in [0.25, 0.3) is 11.0 Å². The number of carbonyl (C=O) groups is 2. The molecule has 8 aromatic rings. The molecule has 10 rings (SSSR count). The smallest absolute Gasteiger partial charge is 0.256 e. The number of carbonyl (C=O) groups excluding carboxylic acids is 2. The number of rotatable bonds is 13.